The molecule has 21 heavy (non-hydrogen) atoms. The van der Waals surface area contributed by atoms with Crippen molar-refractivity contribution >= 4 is 5.91 Å². The third kappa shape index (κ3) is 3.58. The zero-order valence-electron chi connectivity index (χ0n) is 13.5. The zero-order chi connectivity index (χ0) is 14.8. The van der Waals surface area contributed by atoms with Crippen LogP contribution in [0.25, 0.3) is 0 Å². The average molecular weight is 295 g/mol. The first-order valence-electron chi connectivity index (χ1n) is 8.43. The van der Waals surface area contributed by atoms with Gasteiger partial charge in [0.25, 0.3) is 0 Å². The Bertz CT molecular complexity index is 363. The van der Waals surface area contributed by atoms with Crippen LogP contribution in [0.4, 0.5) is 0 Å². The van der Waals surface area contributed by atoms with Crippen molar-refractivity contribution in [3.8, 4) is 0 Å². The quantitative estimate of drug-likeness (QED) is 0.760. The van der Waals surface area contributed by atoms with E-state index in [1.165, 1.54) is 26.1 Å². The van der Waals surface area contributed by atoms with E-state index in [1.54, 1.807) is 6.92 Å². The number of rotatable bonds is 3. The molecule has 0 aliphatic carbocycles. The number of carbonyl (C=O) groups is 1. The van der Waals surface area contributed by atoms with Gasteiger partial charge in [0, 0.05) is 65.4 Å². The Morgan fingerprint density at radius 3 is 2.57 bits per heavy atom. The number of carbonyl (C=O) groups excluding carboxylic acids is 1. The van der Waals surface area contributed by atoms with Crippen LogP contribution >= 0.6 is 0 Å². The molecule has 3 atom stereocenters. The monoisotopic (exact) mass is 295 g/mol. The molecule has 0 aromatic carbocycles. The van der Waals surface area contributed by atoms with E-state index in [-0.39, 0.29) is 5.91 Å². The molecular formula is C16H29N3O2. The van der Waals surface area contributed by atoms with Crippen LogP contribution in [0.5, 0.6) is 0 Å². The molecule has 3 rings (SSSR count). The van der Waals surface area contributed by atoms with Gasteiger partial charge in [-0.05, 0) is 18.3 Å². The first-order chi connectivity index (χ1) is 10.1. The van der Waals surface area contributed by atoms with Crippen LogP contribution in [0.2, 0.25) is 0 Å². The molecule has 5 nitrogen and oxygen atoms in total. The zero-order valence-corrected chi connectivity index (χ0v) is 13.5. The van der Waals surface area contributed by atoms with Crippen molar-refractivity contribution < 1.29 is 9.53 Å². The molecule has 0 saturated carbocycles. The van der Waals surface area contributed by atoms with E-state index in [2.05, 4.69) is 16.7 Å². The SMILES string of the molecule is CC(=O)N1CCN([C@@H]2CN(C[C@H]3CCOC3)C[C@@H]2C)CC1. The number of hydrogen-bond donors (Lipinski definition) is 0. The van der Waals surface area contributed by atoms with Crippen LogP contribution in [0, 0.1) is 11.8 Å². The first kappa shape index (κ1) is 15.3. The number of amides is 1. The second-order valence-corrected chi connectivity index (χ2v) is 7.03. The molecular weight excluding hydrogens is 266 g/mol. The maximum atomic E-state index is 11.4. The van der Waals surface area contributed by atoms with Crippen molar-refractivity contribution in [3.63, 3.8) is 0 Å². The highest BCUT2D eigenvalue weighted by Gasteiger charge is 2.36. The second kappa shape index (κ2) is 6.63. The Hall–Kier alpha value is -0.650. The highest BCUT2D eigenvalue weighted by molar-refractivity contribution is 5.73. The van der Waals surface area contributed by atoms with E-state index in [4.69, 9.17) is 4.74 Å². The predicted octanol–water partition coefficient (Wildman–Crippen LogP) is 0.507. The lowest BCUT2D eigenvalue weighted by Gasteiger charge is -2.39. The molecule has 0 radical (unpaired) electrons. The van der Waals surface area contributed by atoms with Crippen molar-refractivity contribution in [2.75, 3.05) is 59.0 Å². The molecule has 120 valence electrons. The fourth-order valence-corrected chi connectivity index (χ4v) is 4.13. The number of nitrogens with zero attached hydrogens (tertiary/aromatic N) is 3. The topological polar surface area (TPSA) is 36.0 Å². The Labute approximate surface area is 128 Å². The van der Waals surface area contributed by atoms with Gasteiger partial charge >= 0.3 is 0 Å². The summed E-state index contributed by atoms with van der Waals surface area (Å²) < 4.78 is 5.50. The second-order valence-electron chi connectivity index (χ2n) is 7.03. The molecule has 3 aliphatic rings. The van der Waals surface area contributed by atoms with E-state index < -0.39 is 0 Å². The van der Waals surface area contributed by atoms with Gasteiger partial charge in [-0.25, -0.2) is 0 Å². The molecule has 0 N–H and O–H groups in total. The smallest absolute Gasteiger partial charge is 0.219 e. The summed E-state index contributed by atoms with van der Waals surface area (Å²) >= 11 is 0. The van der Waals surface area contributed by atoms with Crippen LogP contribution in [0.3, 0.4) is 0 Å². The molecule has 0 aromatic rings. The minimum absolute atomic E-state index is 0.219. The van der Waals surface area contributed by atoms with Crippen LogP contribution < -0.4 is 0 Å². The minimum Gasteiger partial charge on any atom is -0.381 e. The molecule has 3 heterocycles. The summed E-state index contributed by atoms with van der Waals surface area (Å²) in [5.41, 5.74) is 0. The number of likely N-dealkylation sites (tertiary alicyclic amines) is 1. The van der Waals surface area contributed by atoms with Gasteiger partial charge in [-0.1, -0.05) is 6.92 Å². The largest absolute Gasteiger partial charge is 0.381 e. The van der Waals surface area contributed by atoms with Crippen LogP contribution in [-0.4, -0.2) is 85.7 Å². The Kier molecular flexibility index (Phi) is 4.82. The maximum Gasteiger partial charge on any atom is 0.219 e. The van der Waals surface area contributed by atoms with Crippen molar-refractivity contribution in [1.82, 2.24) is 14.7 Å². The maximum absolute atomic E-state index is 11.4. The summed E-state index contributed by atoms with van der Waals surface area (Å²) in [6.07, 6.45) is 1.23. The lowest BCUT2D eigenvalue weighted by Crippen LogP contribution is -2.53. The van der Waals surface area contributed by atoms with E-state index in [0.717, 1.165) is 51.2 Å². The highest BCUT2D eigenvalue weighted by Crippen LogP contribution is 2.25. The van der Waals surface area contributed by atoms with E-state index in [1.807, 2.05) is 4.90 Å². The van der Waals surface area contributed by atoms with Gasteiger partial charge < -0.3 is 14.5 Å². The molecule has 0 bridgehead atoms. The highest BCUT2D eigenvalue weighted by atomic mass is 16.5. The standard InChI is InChI=1S/C16H29N3O2/c1-13-9-17(10-15-3-8-21-12-15)11-16(13)19-6-4-18(5-7-19)14(2)20/h13,15-16H,3-12H2,1-2H3/t13-,15+,16+/m0/s1. The van der Waals surface area contributed by atoms with Gasteiger partial charge in [0.15, 0.2) is 0 Å². The predicted molar refractivity (Wildman–Crippen MR) is 82.1 cm³/mol. The molecule has 3 fully saturated rings. The lowest BCUT2D eigenvalue weighted by atomic mass is 10.0. The van der Waals surface area contributed by atoms with Crippen LogP contribution in [-0.2, 0) is 9.53 Å². The van der Waals surface area contributed by atoms with Gasteiger partial charge in [0.05, 0.1) is 6.61 Å². The Morgan fingerprint density at radius 2 is 1.95 bits per heavy atom. The lowest BCUT2D eigenvalue weighted by molar-refractivity contribution is -0.130. The third-order valence-corrected chi connectivity index (χ3v) is 5.42. The van der Waals surface area contributed by atoms with E-state index in [9.17, 15) is 4.79 Å². The number of piperazine rings is 1. The average Bonchev–Trinajstić information content (AvgIpc) is 3.09. The summed E-state index contributed by atoms with van der Waals surface area (Å²) in [5, 5.41) is 0. The van der Waals surface area contributed by atoms with E-state index in [0.29, 0.717) is 6.04 Å². The van der Waals surface area contributed by atoms with Crippen LogP contribution in [0.1, 0.15) is 20.3 Å². The van der Waals surface area contributed by atoms with Gasteiger partial charge in [-0.2, -0.15) is 0 Å². The molecule has 0 aromatic heterocycles. The van der Waals surface area contributed by atoms with Crippen LogP contribution in [0.15, 0.2) is 0 Å². The van der Waals surface area contributed by atoms with Gasteiger partial charge in [-0.3, -0.25) is 9.69 Å². The van der Waals surface area contributed by atoms with Gasteiger partial charge in [-0.15, -0.1) is 0 Å². The third-order valence-electron chi connectivity index (χ3n) is 5.42. The minimum atomic E-state index is 0.219. The van der Waals surface area contributed by atoms with Crippen molar-refractivity contribution in [3.05, 3.63) is 0 Å². The van der Waals surface area contributed by atoms with Crippen molar-refractivity contribution in [2.24, 2.45) is 11.8 Å². The number of hydrogen-bond acceptors (Lipinski definition) is 4. The Morgan fingerprint density at radius 1 is 1.19 bits per heavy atom. The van der Waals surface area contributed by atoms with Gasteiger partial charge in [0.2, 0.25) is 5.91 Å². The fourth-order valence-electron chi connectivity index (χ4n) is 4.13. The fraction of sp³-hybridized carbons (Fsp3) is 0.938. The van der Waals surface area contributed by atoms with E-state index >= 15 is 0 Å². The van der Waals surface area contributed by atoms with Gasteiger partial charge in [0.1, 0.15) is 0 Å². The number of ether oxygens (including phenoxy) is 1. The molecule has 0 spiro atoms. The van der Waals surface area contributed by atoms with Crippen molar-refractivity contribution in [2.45, 2.75) is 26.3 Å². The Balaban J connectivity index is 1.48. The summed E-state index contributed by atoms with van der Waals surface area (Å²) in [4.78, 5) is 18.6. The normalized spacial score (nSPS) is 35.5. The molecule has 5 heteroatoms. The summed E-state index contributed by atoms with van der Waals surface area (Å²) in [6, 6.07) is 0.668. The molecule has 0 unspecified atom stereocenters. The molecule has 3 saturated heterocycles. The summed E-state index contributed by atoms with van der Waals surface area (Å²) in [6.45, 7) is 13.4. The molecule has 3 aliphatic heterocycles. The summed E-state index contributed by atoms with van der Waals surface area (Å²) in [5.74, 6) is 1.69. The summed E-state index contributed by atoms with van der Waals surface area (Å²) in [7, 11) is 0. The molecule has 1 amide bonds. The van der Waals surface area contributed by atoms with Crippen molar-refractivity contribution in [1.29, 1.82) is 0 Å². The first-order valence-corrected chi connectivity index (χ1v) is 8.43.